The first-order valence-corrected chi connectivity index (χ1v) is 20.6. The Balaban J connectivity index is 1.71. The number of carbonyl (C=O) groups is 2. The van der Waals surface area contributed by atoms with Gasteiger partial charge in [0.15, 0.2) is 0 Å². The number of aromatic nitrogens is 1. The van der Waals surface area contributed by atoms with E-state index in [4.69, 9.17) is 15.2 Å². The summed E-state index contributed by atoms with van der Waals surface area (Å²) in [6.45, 7) is 7.42. The number of nitrogens with two attached hydrogens (primary N) is 1. The molecule has 0 fully saturated rings. The van der Waals surface area contributed by atoms with Crippen molar-refractivity contribution in [2.24, 2.45) is 5.73 Å². The number of primary amides is 1. The van der Waals surface area contributed by atoms with Crippen LogP contribution in [0.2, 0.25) is 0 Å². The molecule has 0 saturated carbocycles. The fourth-order valence-corrected chi connectivity index (χ4v) is 6.67. The first-order chi connectivity index (χ1) is 24.4. The lowest BCUT2D eigenvalue weighted by Crippen LogP contribution is -2.33. The van der Waals surface area contributed by atoms with Crippen molar-refractivity contribution in [3.05, 3.63) is 40.9 Å². The number of amides is 2. The number of hydrogen-bond donors (Lipinski definition) is 3. The molecule has 2 amide bonds. The van der Waals surface area contributed by atoms with Crippen LogP contribution >= 0.6 is 11.3 Å². The van der Waals surface area contributed by atoms with Gasteiger partial charge in [-0.15, -0.1) is 0 Å². The van der Waals surface area contributed by atoms with Gasteiger partial charge in [-0.05, 0) is 37.1 Å². The van der Waals surface area contributed by atoms with E-state index in [2.05, 4.69) is 24.1 Å². The second-order valence-corrected chi connectivity index (χ2v) is 14.5. The van der Waals surface area contributed by atoms with E-state index in [1.807, 2.05) is 4.90 Å². The molecule has 0 saturated heterocycles. The number of nitrogens with one attached hydrogen (secondary N) is 1. The normalized spacial score (nSPS) is 11.8. The molecule has 0 spiro atoms. The molecule has 4 N–H and O–H groups in total. The molecule has 0 bridgehead atoms. The van der Waals surface area contributed by atoms with Gasteiger partial charge in [0, 0.05) is 31.7 Å². The van der Waals surface area contributed by atoms with E-state index in [0.717, 1.165) is 38.8 Å². The third-order valence-electron chi connectivity index (χ3n) is 9.01. The van der Waals surface area contributed by atoms with Gasteiger partial charge in [-0.1, -0.05) is 141 Å². The van der Waals surface area contributed by atoms with Crippen molar-refractivity contribution in [2.75, 3.05) is 39.4 Å². The third kappa shape index (κ3) is 20.9. The van der Waals surface area contributed by atoms with E-state index >= 15 is 0 Å². The molecule has 0 aliphatic carbocycles. The quantitative estimate of drug-likeness (QED) is 0.0630. The van der Waals surface area contributed by atoms with Gasteiger partial charge in [-0.3, -0.25) is 9.59 Å². The number of unbranched alkanes of at least 4 members (excludes halogenated alkanes) is 18. The predicted octanol–water partition coefficient (Wildman–Crippen LogP) is 8.93. The molecule has 1 atom stereocenters. The summed E-state index contributed by atoms with van der Waals surface area (Å²) >= 11 is 1.26. The summed E-state index contributed by atoms with van der Waals surface area (Å²) in [6.07, 6.45) is 26.4. The summed E-state index contributed by atoms with van der Waals surface area (Å²) in [4.78, 5) is 31.7. The summed E-state index contributed by atoms with van der Waals surface area (Å²) < 4.78 is 11.4. The summed E-state index contributed by atoms with van der Waals surface area (Å²) in [5, 5.41) is 13.9. The van der Waals surface area contributed by atoms with Gasteiger partial charge < -0.3 is 30.5 Å². The van der Waals surface area contributed by atoms with Gasteiger partial charge in [0.1, 0.15) is 29.9 Å². The zero-order chi connectivity index (χ0) is 36.1. The van der Waals surface area contributed by atoms with Crippen molar-refractivity contribution in [3.63, 3.8) is 0 Å². The van der Waals surface area contributed by atoms with E-state index in [0.29, 0.717) is 41.1 Å². The maximum absolute atomic E-state index is 13.6. The number of aliphatic hydroxyl groups is 1. The number of benzene rings is 1. The van der Waals surface area contributed by atoms with Crippen LogP contribution < -0.4 is 20.5 Å². The predicted molar refractivity (Wildman–Crippen MR) is 207 cm³/mol. The van der Waals surface area contributed by atoms with E-state index in [9.17, 15) is 14.7 Å². The Hall–Kier alpha value is -2.69. The lowest BCUT2D eigenvalue weighted by Gasteiger charge is -2.22. The van der Waals surface area contributed by atoms with E-state index in [1.54, 1.807) is 30.5 Å². The number of hydrogen-bond acceptors (Lipinski definition) is 8. The van der Waals surface area contributed by atoms with Gasteiger partial charge in [0.2, 0.25) is 5.91 Å². The Morgan fingerprint density at radius 3 is 1.78 bits per heavy atom. The fraction of sp³-hybridized carbons (Fsp3) is 0.725. The van der Waals surface area contributed by atoms with Crippen molar-refractivity contribution < 1.29 is 24.2 Å². The van der Waals surface area contributed by atoms with Crippen LogP contribution in [0.4, 0.5) is 0 Å². The number of aliphatic hydroxyl groups excluding tert-OH is 1. The molecule has 2 aromatic rings. The highest BCUT2D eigenvalue weighted by atomic mass is 32.1. The summed E-state index contributed by atoms with van der Waals surface area (Å²) in [7, 11) is 0. The second kappa shape index (κ2) is 28.9. The van der Waals surface area contributed by atoms with E-state index in [-0.39, 0.29) is 12.5 Å². The minimum absolute atomic E-state index is 0.0377. The molecule has 2 rings (SSSR count). The van der Waals surface area contributed by atoms with Crippen LogP contribution in [0.1, 0.15) is 162 Å². The Bertz CT molecular complexity index is 1110. The molecule has 0 aliphatic heterocycles. The van der Waals surface area contributed by atoms with Gasteiger partial charge in [0.25, 0.3) is 11.1 Å². The average Bonchev–Trinajstić information content (AvgIpc) is 3.60. The zero-order valence-electron chi connectivity index (χ0n) is 31.3. The molecule has 50 heavy (non-hydrogen) atoms. The Kier molecular flexibility index (Phi) is 25.2. The summed E-state index contributed by atoms with van der Waals surface area (Å²) in [5.74, 6) is 0.201. The third-order valence-corrected chi connectivity index (χ3v) is 9.91. The standard InChI is InChI=1S/C40H68N4O5S/c1-3-5-7-9-11-13-15-17-19-21-28-44(29-22-20-18-16-14-12-10-8-6-4-2)39(47)37-32-43-40(50-37)49-33-35(45)31-42-27-30-48-36-25-23-34(24-26-36)38(41)46/h23-26,32,35,42,45H,3-22,27-31,33H2,1-2H3,(H2,41,46). The SMILES string of the molecule is CCCCCCCCCCCCN(CCCCCCCCCCCC)C(=O)c1cnc(OCC(O)CNCCOc2ccc(C(N)=O)cc2)s1. The van der Waals surface area contributed by atoms with E-state index in [1.165, 1.54) is 114 Å². The van der Waals surface area contributed by atoms with Gasteiger partial charge in [0.05, 0.1) is 6.20 Å². The molecule has 284 valence electrons. The van der Waals surface area contributed by atoms with Crippen LogP contribution in [-0.2, 0) is 0 Å². The molecule has 0 radical (unpaired) electrons. The van der Waals surface area contributed by atoms with Crippen LogP contribution in [0.3, 0.4) is 0 Å². The van der Waals surface area contributed by atoms with E-state index < -0.39 is 12.0 Å². The average molecular weight is 717 g/mol. The Morgan fingerprint density at radius 2 is 1.28 bits per heavy atom. The number of thiazole rings is 1. The van der Waals surface area contributed by atoms with Crippen molar-refractivity contribution in [3.8, 4) is 10.9 Å². The zero-order valence-corrected chi connectivity index (χ0v) is 32.1. The highest BCUT2D eigenvalue weighted by Crippen LogP contribution is 2.23. The first kappa shape index (κ1) is 43.5. The lowest BCUT2D eigenvalue weighted by molar-refractivity contribution is 0.0753. The van der Waals surface area contributed by atoms with Crippen molar-refractivity contribution in [1.82, 2.24) is 15.2 Å². The number of ether oxygens (including phenoxy) is 2. The molecule has 9 nitrogen and oxygen atoms in total. The lowest BCUT2D eigenvalue weighted by atomic mass is 10.1. The molecular weight excluding hydrogens is 649 g/mol. The molecule has 1 aromatic heterocycles. The molecule has 1 aromatic carbocycles. The summed E-state index contributed by atoms with van der Waals surface area (Å²) in [5.41, 5.74) is 5.69. The Labute approximate surface area is 307 Å². The topological polar surface area (TPSA) is 127 Å². The van der Waals surface area contributed by atoms with Crippen LogP contribution in [0.5, 0.6) is 10.9 Å². The number of rotatable bonds is 33. The second-order valence-electron chi connectivity index (χ2n) is 13.6. The maximum Gasteiger partial charge on any atom is 0.273 e. The van der Waals surface area contributed by atoms with Crippen molar-refractivity contribution in [2.45, 2.75) is 148 Å². The molecule has 0 aliphatic rings. The Morgan fingerprint density at radius 1 is 0.780 bits per heavy atom. The minimum Gasteiger partial charge on any atom is -0.492 e. The summed E-state index contributed by atoms with van der Waals surface area (Å²) in [6, 6.07) is 6.65. The van der Waals surface area contributed by atoms with Crippen LogP contribution in [0.25, 0.3) is 0 Å². The van der Waals surface area contributed by atoms with Crippen molar-refractivity contribution >= 4 is 23.2 Å². The van der Waals surface area contributed by atoms with Gasteiger partial charge >= 0.3 is 0 Å². The van der Waals surface area contributed by atoms with Crippen LogP contribution in [-0.4, -0.2) is 72.3 Å². The monoisotopic (exact) mass is 716 g/mol. The van der Waals surface area contributed by atoms with Crippen molar-refractivity contribution in [1.29, 1.82) is 0 Å². The largest absolute Gasteiger partial charge is 0.492 e. The maximum atomic E-state index is 13.6. The van der Waals surface area contributed by atoms with Gasteiger partial charge in [-0.2, -0.15) is 0 Å². The van der Waals surface area contributed by atoms with Crippen LogP contribution in [0.15, 0.2) is 30.5 Å². The molecular formula is C40H68N4O5S. The van der Waals surface area contributed by atoms with Gasteiger partial charge in [-0.25, -0.2) is 4.98 Å². The molecule has 10 heteroatoms. The highest BCUT2D eigenvalue weighted by molar-refractivity contribution is 7.15. The fourth-order valence-electron chi connectivity index (χ4n) is 5.93. The smallest absolute Gasteiger partial charge is 0.273 e. The number of carbonyl (C=O) groups excluding carboxylic acids is 2. The molecule has 1 unspecified atom stereocenters. The first-order valence-electron chi connectivity index (χ1n) is 19.7. The van der Waals surface area contributed by atoms with Crippen LogP contribution in [0, 0.1) is 0 Å². The molecule has 1 heterocycles. The minimum atomic E-state index is -0.739. The highest BCUT2D eigenvalue weighted by Gasteiger charge is 2.19. The number of nitrogens with zero attached hydrogens (tertiary/aromatic N) is 2.